The minimum absolute atomic E-state index is 0.401. The topological polar surface area (TPSA) is 62.6 Å². The number of aryl methyl sites for hydroxylation is 2. The largest absolute Gasteiger partial charge is 0.434 e. The third-order valence-corrected chi connectivity index (χ3v) is 7.71. The molecule has 0 fully saturated rings. The van der Waals surface area contributed by atoms with Crippen LogP contribution in [0.3, 0.4) is 0 Å². The summed E-state index contributed by atoms with van der Waals surface area (Å²) in [4.78, 5) is 13.0. The van der Waals surface area contributed by atoms with Crippen LogP contribution in [0.15, 0.2) is 55.0 Å². The Bertz CT molecular complexity index is 1650. The van der Waals surface area contributed by atoms with Crippen molar-refractivity contribution in [1.82, 2.24) is 24.7 Å². The second-order valence-corrected chi connectivity index (χ2v) is 10.0. The van der Waals surface area contributed by atoms with Crippen molar-refractivity contribution < 1.29 is 13.2 Å². The quantitative estimate of drug-likeness (QED) is 0.252. The first-order valence-electron chi connectivity index (χ1n) is 12.9. The van der Waals surface area contributed by atoms with Crippen LogP contribution in [0.25, 0.3) is 27.8 Å². The zero-order valence-electron chi connectivity index (χ0n) is 21.5. The maximum atomic E-state index is 13.1. The Balaban J connectivity index is 1.55. The van der Waals surface area contributed by atoms with Gasteiger partial charge < -0.3 is 9.88 Å². The summed E-state index contributed by atoms with van der Waals surface area (Å²) in [5.74, 6) is 0.401. The molecule has 200 valence electrons. The molecule has 0 bridgehead atoms. The molecule has 6 rings (SSSR count). The highest BCUT2D eigenvalue weighted by Crippen LogP contribution is 2.40. The molecule has 2 aromatic carbocycles. The molecule has 0 radical (unpaired) electrons. The number of nitrogens with zero attached hydrogens (tertiary/aromatic N) is 5. The predicted molar refractivity (Wildman–Crippen MR) is 146 cm³/mol. The number of aromatic amines is 1. The van der Waals surface area contributed by atoms with E-state index in [1.54, 1.807) is 0 Å². The van der Waals surface area contributed by atoms with Crippen molar-refractivity contribution in [3.8, 4) is 16.9 Å². The summed E-state index contributed by atoms with van der Waals surface area (Å²) in [5, 5.41) is 6.77. The fourth-order valence-corrected chi connectivity index (χ4v) is 5.67. The van der Waals surface area contributed by atoms with Gasteiger partial charge in [0.2, 0.25) is 0 Å². The van der Waals surface area contributed by atoms with Gasteiger partial charge in [0.15, 0.2) is 5.69 Å². The number of aromatic nitrogens is 5. The van der Waals surface area contributed by atoms with E-state index in [0.29, 0.717) is 30.4 Å². The maximum Gasteiger partial charge on any atom is 0.434 e. The smallest absolute Gasteiger partial charge is 0.360 e. The first-order valence-corrected chi connectivity index (χ1v) is 13.3. The average Bonchev–Trinajstić information content (AvgIpc) is 3.58. The summed E-state index contributed by atoms with van der Waals surface area (Å²) in [6.07, 6.45) is 1.65. The molecule has 4 heterocycles. The van der Waals surface area contributed by atoms with Gasteiger partial charge in [-0.15, -0.1) is 0 Å². The van der Waals surface area contributed by atoms with E-state index >= 15 is 0 Å². The Hall–Kier alpha value is -3.85. The third-order valence-electron chi connectivity index (χ3n) is 7.39. The number of anilines is 1. The maximum absolute atomic E-state index is 13.1. The minimum Gasteiger partial charge on any atom is -0.360 e. The van der Waals surface area contributed by atoms with Crippen LogP contribution >= 0.6 is 11.6 Å². The van der Waals surface area contributed by atoms with Crippen LogP contribution in [0.2, 0.25) is 5.02 Å². The van der Waals surface area contributed by atoms with E-state index in [1.165, 1.54) is 17.3 Å². The highest BCUT2D eigenvalue weighted by molar-refractivity contribution is 6.35. The lowest BCUT2D eigenvalue weighted by Gasteiger charge is -2.28. The molecule has 0 spiro atoms. The molecule has 0 saturated heterocycles. The fraction of sp³-hybridized carbons (Fsp3) is 0.276. The SMILES string of the molecule is CCc1cccc(CC)c1-n1nc2c(c1-c1ccc(Cl)c3[nH]ccc13)CN(c1cnc(C(F)(F)F)cn1)CC2. The molecular weight excluding hydrogens is 525 g/mol. The number of benzene rings is 2. The van der Waals surface area contributed by atoms with Gasteiger partial charge >= 0.3 is 6.18 Å². The molecule has 0 aliphatic carbocycles. The molecule has 1 aliphatic rings. The zero-order chi connectivity index (χ0) is 27.3. The van der Waals surface area contributed by atoms with Crippen LogP contribution in [-0.2, 0) is 32.0 Å². The van der Waals surface area contributed by atoms with Crippen LogP contribution in [0.4, 0.5) is 19.0 Å². The Morgan fingerprint density at radius 1 is 1.00 bits per heavy atom. The van der Waals surface area contributed by atoms with Crippen molar-refractivity contribution in [2.45, 2.75) is 45.8 Å². The summed E-state index contributed by atoms with van der Waals surface area (Å²) in [5.41, 5.74) is 7.22. The molecule has 6 nitrogen and oxygen atoms in total. The molecule has 1 N–H and O–H groups in total. The molecule has 0 atom stereocenters. The summed E-state index contributed by atoms with van der Waals surface area (Å²) >= 11 is 6.52. The van der Waals surface area contributed by atoms with E-state index < -0.39 is 11.9 Å². The van der Waals surface area contributed by atoms with Crippen LogP contribution < -0.4 is 4.90 Å². The first kappa shape index (κ1) is 25.4. The number of fused-ring (bicyclic) bond motifs is 2. The number of para-hydroxylation sites is 1. The molecule has 3 aromatic heterocycles. The highest BCUT2D eigenvalue weighted by atomic mass is 35.5. The number of halogens is 4. The lowest BCUT2D eigenvalue weighted by molar-refractivity contribution is -0.141. The molecule has 1 aliphatic heterocycles. The summed E-state index contributed by atoms with van der Waals surface area (Å²) in [6, 6.07) is 12.3. The van der Waals surface area contributed by atoms with Gasteiger partial charge in [-0.1, -0.05) is 49.7 Å². The van der Waals surface area contributed by atoms with Crippen molar-refractivity contribution in [2.75, 3.05) is 11.4 Å². The first-order chi connectivity index (χ1) is 18.8. The minimum atomic E-state index is -4.53. The van der Waals surface area contributed by atoms with Gasteiger partial charge in [-0.05, 0) is 36.1 Å². The van der Waals surface area contributed by atoms with Gasteiger partial charge in [-0.3, -0.25) is 0 Å². The van der Waals surface area contributed by atoms with Crippen molar-refractivity contribution in [3.63, 3.8) is 0 Å². The lowest BCUT2D eigenvalue weighted by atomic mass is 9.97. The van der Waals surface area contributed by atoms with Crippen molar-refractivity contribution >= 4 is 28.3 Å². The number of alkyl halides is 3. The number of H-pyrrole nitrogens is 1. The zero-order valence-corrected chi connectivity index (χ0v) is 22.2. The molecule has 0 saturated carbocycles. The summed E-state index contributed by atoms with van der Waals surface area (Å²) < 4.78 is 41.3. The van der Waals surface area contributed by atoms with Gasteiger partial charge in [0.05, 0.1) is 40.0 Å². The van der Waals surface area contributed by atoms with Crippen LogP contribution in [-0.4, -0.2) is 31.3 Å². The molecular formula is C29H26ClF3N6. The van der Waals surface area contributed by atoms with E-state index in [9.17, 15) is 13.2 Å². The molecule has 0 amide bonds. The fourth-order valence-electron chi connectivity index (χ4n) is 5.45. The van der Waals surface area contributed by atoms with Crippen molar-refractivity contribution in [2.24, 2.45) is 0 Å². The van der Waals surface area contributed by atoms with Gasteiger partial charge in [0, 0.05) is 42.2 Å². The Morgan fingerprint density at radius 3 is 2.44 bits per heavy atom. The van der Waals surface area contributed by atoms with E-state index in [2.05, 4.69) is 51.7 Å². The number of hydrogen-bond donors (Lipinski definition) is 1. The number of nitrogens with one attached hydrogen (secondary N) is 1. The molecule has 39 heavy (non-hydrogen) atoms. The van der Waals surface area contributed by atoms with Gasteiger partial charge in [0.1, 0.15) is 5.82 Å². The van der Waals surface area contributed by atoms with Crippen molar-refractivity contribution in [1.29, 1.82) is 0 Å². The van der Waals surface area contributed by atoms with E-state index in [-0.39, 0.29) is 0 Å². The Morgan fingerprint density at radius 2 is 1.77 bits per heavy atom. The second-order valence-electron chi connectivity index (χ2n) is 9.61. The van der Waals surface area contributed by atoms with Gasteiger partial charge in [-0.25, -0.2) is 14.6 Å². The Kier molecular flexibility index (Phi) is 6.33. The summed E-state index contributed by atoms with van der Waals surface area (Å²) in [7, 11) is 0. The van der Waals surface area contributed by atoms with Crippen LogP contribution in [0, 0.1) is 0 Å². The third kappa shape index (κ3) is 4.34. The highest BCUT2D eigenvalue weighted by Gasteiger charge is 2.34. The monoisotopic (exact) mass is 550 g/mol. The van der Waals surface area contributed by atoms with E-state index in [0.717, 1.165) is 58.1 Å². The second kappa shape index (κ2) is 9.72. The Labute approximate surface area is 228 Å². The van der Waals surface area contributed by atoms with Crippen LogP contribution in [0.5, 0.6) is 0 Å². The molecule has 5 aromatic rings. The van der Waals surface area contributed by atoms with Crippen molar-refractivity contribution in [3.05, 3.63) is 88.1 Å². The lowest BCUT2D eigenvalue weighted by Crippen LogP contribution is -2.31. The van der Waals surface area contributed by atoms with Gasteiger partial charge in [-0.2, -0.15) is 18.3 Å². The van der Waals surface area contributed by atoms with Crippen LogP contribution in [0.1, 0.15) is 41.9 Å². The van der Waals surface area contributed by atoms with Gasteiger partial charge in [0.25, 0.3) is 0 Å². The predicted octanol–water partition coefficient (Wildman–Crippen LogP) is 7.17. The number of hydrogen-bond acceptors (Lipinski definition) is 4. The van der Waals surface area contributed by atoms with E-state index in [4.69, 9.17) is 16.7 Å². The normalized spacial score (nSPS) is 13.7. The average molecular weight is 551 g/mol. The molecule has 0 unspecified atom stereocenters. The number of rotatable bonds is 5. The summed E-state index contributed by atoms with van der Waals surface area (Å²) in [6.45, 7) is 5.28. The van der Waals surface area contributed by atoms with E-state index in [1.807, 2.05) is 29.3 Å². The standard InChI is InChI=1S/C29H26ClF3N6/c1-3-17-6-5-7-18(4-2)27(17)39-28(20-8-9-22(30)26-19(20)10-12-34-26)21-16-38(13-11-23(21)37-39)25-15-35-24(14-36-25)29(31,32)33/h5-10,12,14-15,34H,3-4,11,13,16H2,1-2H3. The molecule has 10 heteroatoms.